The molecule has 0 aliphatic carbocycles. The number of hydrogen-bond acceptors (Lipinski definition) is 9. The number of nitro benzene ring substituents is 1. The van der Waals surface area contributed by atoms with Gasteiger partial charge in [0.25, 0.3) is 17.5 Å². The minimum Gasteiger partial charge on any atom is -0.484 e. The zero-order valence-electron chi connectivity index (χ0n) is 19.9. The summed E-state index contributed by atoms with van der Waals surface area (Å²) < 4.78 is 16.0. The Morgan fingerprint density at radius 3 is 2.51 bits per heavy atom. The van der Waals surface area contributed by atoms with Crippen LogP contribution in [0, 0.1) is 10.1 Å². The second-order valence-electron chi connectivity index (χ2n) is 8.62. The Morgan fingerprint density at radius 1 is 1.22 bits per heavy atom. The Morgan fingerprint density at radius 2 is 1.89 bits per heavy atom. The number of esters is 1. The lowest BCUT2D eigenvalue weighted by Gasteiger charge is -2.62. The molecule has 4 rings (SSSR count). The lowest BCUT2D eigenvalue weighted by Crippen LogP contribution is -2.83. The highest BCUT2D eigenvalue weighted by Crippen LogP contribution is 2.52. The molecule has 13 heteroatoms. The number of alkyl halides is 1. The molecule has 2 unspecified atom stereocenters. The molecule has 2 fully saturated rings. The van der Waals surface area contributed by atoms with Crippen LogP contribution in [-0.4, -0.2) is 75.1 Å². The molecule has 4 atom stereocenters. The van der Waals surface area contributed by atoms with Crippen LogP contribution < -0.4 is 10.1 Å². The van der Waals surface area contributed by atoms with Crippen molar-refractivity contribution in [3.05, 3.63) is 70.3 Å². The molecule has 1 N–H and O–H groups in total. The largest absolute Gasteiger partial charge is 0.484 e. The van der Waals surface area contributed by atoms with Crippen molar-refractivity contribution in [3.63, 3.8) is 0 Å². The topological polar surface area (TPSA) is 137 Å². The molecule has 2 amide bonds. The van der Waals surface area contributed by atoms with Crippen molar-refractivity contribution in [2.75, 3.05) is 26.1 Å². The van der Waals surface area contributed by atoms with E-state index in [1.165, 1.54) is 48.0 Å². The summed E-state index contributed by atoms with van der Waals surface area (Å²) in [5.74, 6) is -0.529. The predicted molar refractivity (Wildman–Crippen MR) is 137 cm³/mol. The minimum atomic E-state index is -1.36. The van der Waals surface area contributed by atoms with Crippen LogP contribution in [0.2, 0.25) is 0 Å². The Kier molecular flexibility index (Phi) is 7.76. The van der Waals surface area contributed by atoms with Gasteiger partial charge in [0.2, 0.25) is 0 Å². The van der Waals surface area contributed by atoms with Crippen LogP contribution in [0.3, 0.4) is 0 Å². The number of halogens is 1. The maximum absolute atomic E-state index is 13.2. The van der Waals surface area contributed by atoms with Gasteiger partial charge in [0, 0.05) is 25.0 Å². The molecule has 2 aliphatic heterocycles. The first-order valence-electron chi connectivity index (χ1n) is 11.2. The normalized spacial score (nSPS) is 26.5. The fourth-order valence-corrected chi connectivity index (χ4v) is 6.57. The first kappa shape index (κ1) is 26.9. The molecule has 0 saturated carbocycles. The number of thioether (sulfide) groups is 1. The van der Waals surface area contributed by atoms with Gasteiger partial charge in [0.15, 0.2) is 12.3 Å². The summed E-state index contributed by atoms with van der Waals surface area (Å²) in [5, 5.41) is 13.1. The number of non-ortho nitro benzene ring substituents is 1. The fourth-order valence-electron chi connectivity index (χ4n) is 4.19. The van der Waals surface area contributed by atoms with E-state index in [0.29, 0.717) is 11.5 Å². The van der Waals surface area contributed by atoms with E-state index in [0.717, 1.165) is 0 Å². The smallest absolute Gasteiger partial charge is 0.338 e. The van der Waals surface area contributed by atoms with Crippen molar-refractivity contribution in [3.8, 4) is 5.75 Å². The Labute approximate surface area is 225 Å². The van der Waals surface area contributed by atoms with Gasteiger partial charge in [0.1, 0.15) is 23.8 Å². The van der Waals surface area contributed by atoms with Crippen LogP contribution >= 0.6 is 27.7 Å². The average Bonchev–Trinajstić information content (AvgIpc) is 2.90. The van der Waals surface area contributed by atoms with E-state index in [9.17, 15) is 24.5 Å². The summed E-state index contributed by atoms with van der Waals surface area (Å²) in [6.45, 7) is 1.28. The lowest BCUT2D eigenvalue weighted by molar-refractivity contribution is -0.384. The number of hydrogen-bond donors (Lipinski definition) is 1. The van der Waals surface area contributed by atoms with Crippen LogP contribution in [-0.2, 0) is 19.1 Å². The summed E-state index contributed by atoms with van der Waals surface area (Å²) in [5.41, 5.74) is -1.40. The highest BCUT2D eigenvalue weighted by atomic mass is 79.9. The van der Waals surface area contributed by atoms with Crippen LogP contribution in [0.1, 0.15) is 17.3 Å². The van der Waals surface area contributed by atoms with Crippen LogP contribution in [0.5, 0.6) is 5.75 Å². The minimum absolute atomic E-state index is 0.119. The Bertz CT molecular complexity index is 1200. The number of methoxy groups -OCH3 is 1. The zero-order valence-corrected chi connectivity index (χ0v) is 22.3. The molecule has 11 nitrogen and oxygen atoms in total. The SMILES string of the molecule is COC1(COC(=O)c2ccc([N+](=O)[O-])cc2)N2C(=O)C(NC(=O)COc3ccccc3)[C@H]2SC[C@]1(C)Br. The van der Waals surface area contributed by atoms with Gasteiger partial charge in [0.05, 0.1) is 14.8 Å². The van der Waals surface area contributed by atoms with E-state index < -0.39 is 38.3 Å². The molecule has 2 aromatic carbocycles. The number of benzene rings is 2. The number of para-hydroxylation sites is 1. The number of amides is 2. The van der Waals surface area contributed by atoms with Gasteiger partial charge in [-0.1, -0.05) is 34.1 Å². The van der Waals surface area contributed by atoms with E-state index in [2.05, 4.69) is 21.2 Å². The molecule has 2 aromatic rings. The van der Waals surface area contributed by atoms with Gasteiger partial charge in [-0.05, 0) is 31.2 Å². The van der Waals surface area contributed by atoms with Crippen molar-refractivity contribution in [1.29, 1.82) is 0 Å². The zero-order chi connectivity index (χ0) is 26.8. The molecule has 0 spiro atoms. The highest BCUT2D eigenvalue weighted by Gasteiger charge is 2.67. The number of nitrogens with zero attached hydrogens (tertiary/aromatic N) is 2. The molecular weight excluding hydrogens is 570 g/mol. The van der Waals surface area contributed by atoms with Crippen molar-refractivity contribution in [2.45, 2.75) is 28.4 Å². The molecule has 0 radical (unpaired) electrons. The number of carbonyl (C=O) groups is 3. The second-order valence-corrected chi connectivity index (χ2v) is 11.5. The molecule has 0 aromatic heterocycles. The van der Waals surface area contributed by atoms with Crippen LogP contribution in [0.4, 0.5) is 5.69 Å². The molecule has 196 valence electrons. The molecule has 2 aliphatic rings. The van der Waals surface area contributed by atoms with Crippen LogP contribution in [0.25, 0.3) is 0 Å². The second kappa shape index (κ2) is 10.7. The number of rotatable bonds is 9. The molecule has 2 saturated heterocycles. The summed E-state index contributed by atoms with van der Waals surface area (Å²) in [7, 11) is 1.42. The summed E-state index contributed by atoms with van der Waals surface area (Å²) in [6.07, 6.45) is 0. The number of nitro groups is 1. The highest BCUT2D eigenvalue weighted by molar-refractivity contribution is 9.10. The number of ether oxygens (including phenoxy) is 3. The lowest BCUT2D eigenvalue weighted by atomic mass is 9.91. The van der Waals surface area contributed by atoms with Gasteiger partial charge in [-0.2, -0.15) is 0 Å². The Hall–Kier alpha value is -3.16. The van der Waals surface area contributed by atoms with E-state index in [1.54, 1.807) is 24.3 Å². The van der Waals surface area contributed by atoms with Gasteiger partial charge in [-0.25, -0.2) is 4.79 Å². The first-order valence-corrected chi connectivity index (χ1v) is 13.0. The summed E-state index contributed by atoms with van der Waals surface area (Å²) in [4.78, 5) is 50.2. The third-order valence-electron chi connectivity index (χ3n) is 6.25. The number of nitrogens with one attached hydrogen (secondary N) is 1. The third kappa shape index (κ3) is 5.15. The standard InChI is InChI=1S/C24H24BrN3O8S/c1-23(25)14-37-21-19(26-18(29)12-35-17-6-4-3-5-7-17)20(30)27(21)24(23,34-2)13-36-22(31)15-8-10-16(11-9-15)28(32)33/h3-11,19,21H,12-14H2,1-2H3,(H,26,29)/t19?,21-,23+,24?/m1/s1. The summed E-state index contributed by atoms with van der Waals surface area (Å²) >= 11 is 5.10. The molecular formula is C24H24BrN3O8S. The Balaban J connectivity index is 1.43. The maximum atomic E-state index is 13.2. The van der Waals surface area contributed by atoms with E-state index >= 15 is 0 Å². The summed E-state index contributed by atoms with van der Waals surface area (Å²) in [6, 6.07) is 13.1. The van der Waals surface area contributed by atoms with E-state index in [-0.39, 0.29) is 30.4 Å². The van der Waals surface area contributed by atoms with Crippen molar-refractivity contribution in [2.24, 2.45) is 0 Å². The third-order valence-corrected chi connectivity index (χ3v) is 9.09. The van der Waals surface area contributed by atoms with Crippen LogP contribution in [0.15, 0.2) is 54.6 Å². The molecule has 2 heterocycles. The van der Waals surface area contributed by atoms with E-state index in [4.69, 9.17) is 14.2 Å². The first-order chi connectivity index (χ1) is 17.6. The van der Waals surface area contributed by atoms with Gasteiger partial charge < -0.3 is 19.5 Å². The number of carbonyl (C=O) groups excluding carboxylic acids is 3. The monoisotopic (exact) mass is 593 g/mol. The van der Waals surface area contributed by atoms with Crippen molar-refractivity contribution < 1.29 is 33.5 Å². The quantitative estimate of drug-likeness (QED) is 0.153. The van der Waals surface area contributed by atoms with E-state index in [1.807, 2.05) is 13.0 Å². The number of fused-ring (bicyclic) bond motifs is 1. The maximum Gasteiger partial charge on any atom is 0.338 e. The fraction of sp³-hybridized carbons (Fsp3) is 0.375. The van der Waals surface area contributed by atoms with Gasteiger partial charge >= 0.3 is 5.97 Å². The van der Waals surface area contributed by atoms with Gasteiger partial charge in [-0.3, -0.25) is 24.6 Å². The predicted octanol–water partition coefficient (Wildman–Crippen LogP) is 2.73. The average molecular weight is 594 g/mol. The van der Waals surface area contributed by atoms with Gasteiger partial charge in [-0.15, -0.1) is 11.8 Å². The van der Waals surface area contributed by atoms with Crippen molar-refractivity contribution >= 4 is 51.2 Å². The molecule has 37 heavy (non-hydrogen) atoms. The molecule has 0 bridgehead atoms. The number of β-lactam (4-membered cyclic amide) rings is 1. The van der Waals surface area contributed by atoms with Crippen molar-refractivity contribution in [1.82, 2.24) is 10.2 Å².